The molecule has 0 fully saturated rings. The van der Waals surface area contributed by atoms with Gasteiger partial charge in [0.25, 0.3) is 0 Å². The van der Waals surface area contributed by atoms with E-state index in [0.29, 0.717) is 34.7 Å². The predicted molar refractivity (Wildman–Crippen MR) is 116 cm³/mol. The van der Waals surface area contributed by atoms with E-state index >= 15 is 0 Å². The summed E-state index contributed by atoms with van der Waals surface area (Å²) in [6, 6.07) is 18.0. The molecular weight excluding hydrogens is 372 g/mol. The number of rotatable bonds is 5. The molecule has 3 N–H and O–H groups in total. The monoisotopic (exact) mass is 390 g/mol. The van der Waals surface area contributed by atoms with Crippen molar-refractivity contribution in [3.63, 3.8) is 0 Å². The van der Waals surface area contributed by atoms with Crippen molar-refractivity contribution in [3.05, 3.63) is 72.3 Å². The second-order valence-electron chi connectivity index (χ2n) is 6.17. The third-order valence-electron chi connectivity index (χ3n) is 4.50. The fourth-order valence-electron chi connectivity index (χ4n) is 3.19. The van der Waals surface area contributed by atoms with E-state index in [4.69, 9.17) is 17.3 Å². The van der Waals surface area contributed by atoms with Gasteiger partial charge in [-0.05, 0) is 30.5 Å². The van der Waals surface area contributed by atoms with Crippen LogP contribution in [0.2, 0.25) is 5.15 Å². The third-order valence-corrected chi connectivity index (χ3v) is 4.81. The van der Waals surface area contributed by atoms with Crippen LogP contribution in [0.25, 0.3) is 10.8 Å². The maximum absolute atomic E-state index is 6.45. The fraction of sp³-hybridized carbons (Fsp3) is 0.0952. The summed E-state index contributed by atoms with van der Waals surface area (Å²) in [6.07, 6.45) is 3.12. The smallest absolute Gasteiger partial charge is 0.161 e. The van der Waals surface area contributed by atoms with Gasteiger partial charge < -0.3 is 16.0 Å². The Labute approximate surface area is 168 Å². The number of nitrogens with one attached hydrogen (secondary N) is 1. The second-order valence-corrected chi connectivity index (χ2v) is 6.53. The molecule has 0 atom stereocenters. The lowest BCUT2D eigenvalue weighted by atomic mass is 10.1. The molecular formula is C21H19ClN6. The third kappa shape index (κ3) is 3.30. The number of pyridine rings is 1. The van der Waals surface area contributed by atoms with Crippen LogP contribution in [0.5, 0.6) is 0 Å². The average molecular weight is 391 g/mol. The largest absolute Gasteiger partial charge is 0.393 e. The first-order chi connectivity index (χ1) is 13.7. The molecule has 140 valence electrons. The molecule has 28 heavy (non-hydrogen) atoms. The van der Waals surface area contributed by atoms with Crippen molar-refractivity contribution in [1.29, 1.82) is 0 Å². The summed E-state index contributed by atoms with van der Waals surface area (Å²) < 4.78 is 0. The molecule has 4 rings (SSSR count). The number of benzene rings is 2. The highest BCUT2D eigenvalue weighted by Crippen LogP contribution is 2.36. The normalized spacial score (nSPS) is 10.8. The van der Waals surface area contributed by atoms with E-state index in [1.807, 2.05) is 24.3 Å². The Hall–Kier alpha value is -3.38. The van der Waals surface area contributed by atoms with Gasteiger partial charge in [0.2, 0.25) is 0 Å². The van der Waals surface area contributed by atoms with Gasteiger partial charge in [0, 0.05) is 18.1 Å². The Morgan fingerprint density at radius 3 is 2.64 bits per heavy atom. The molecule has 0 unspecified atom stereocenters. The topological polar surface area (TPSA) is 80.0 Å². The number of nitrogens with two attached hydrogens (primary N) is 1. The highest BCUT2D eigenvalue weighted by atomic mass is 35.5. The Balaban J connectivity index is 1.78. The molecule has 0 spiro atoms. The molecule has 0 saturated heterocycles. The quantitative estimate of drug-likeness (QED) is 0.458. The van der Waals surface area contributed by atoms with Gasteiger partial charge >= 0.3 is 0 Å². The van der Waals surface area contributed by atoms with Crippen LogP contribution in [0.4, 0.5) is 28.7 Å². The Morgan fingerprint density at radius 2 is 1.82 bits per heavy atom. The number of nitrogen functional groups attached to an aromatic ring is 1. The van der Waals surface area contributed by atoms with Crippen LogP contribution >= 0.6 is 11.6 Å². The maximum Gasteiger partial charge on any atom is 0.161 e. The maximum atomic E-state index is 6.45. The van der Waals surface area contributed by atoms with Crippen molar-refractivity contribution >= 4 is 51.1 Å². The zero-order valence-electron chi connectivity index (χ0n) is 15.3. The molecule has 0 saturated carbocycles. The van der Waals surface area contributed by atoms with Gasteiger partial charge in [-0.1, -0.05) is 48.0 Å². The number of nitrogens with zero attached hydrogens (tertiary/aromatic N) is 4. The van der Waals surface area contributed by atoms with Crippen molar-refractivity contribution in [1.82, 2.24) is 15.0 Å². The summed E-state index contributed by atoms with van der Waals surface area (Å²) in [4.78, 5) is 14.9. The molecule has 0 aliphatic carbocycles. The number of hydrogen-bond acceptors (Lipinski definition) is 6. The number of halogens is 1. The standard InChI is InChI=1S/C21H19ClN6/c1-2-28(17-11-5-8-14-7-3-4-9-15(14)17)21-18(23)20(25-13-26-21)27-16-10-6-12-24-19(16)22/h3-13H,2,23H2,1H3,(H,25,26,27). The summed E-state index contributed by atoms with van der Waals surface area (Å²) in [5.74, 6) is 1.12. The van der Waals surface area contributed by atoms with Gasteiger partial charge in [0.1, 0.15) is 12.0 Å². The van der Waals surface area contributed by atoms with Gasteiger partial charge in [-0.15, -0.1) is 0 Å². The number of anilines is 5. The molecule has 4 aromatic rings. The predicted octanol–water partition coefficient (Wildman–Crippen LogP) is 5.16. The zero-order chi connectivity index (χ0) is 19.5. The van der Waals surface area contributed by atoms with Crippen LogP contribution in [0, 0.1) is 0 Å². The van der Waals surface area contributed by atoms with Crippen LogP contribution < -0.4 is 16.0 Å². The molecule has 2 aromatic carbocycles. The lowest BCUT2D eigenvalue weighted by Gasteiger charge is -2.25. The molecule has 0 radical (unpaired) electrons. The molecule has 6 nitrogen and oxygen atoms in total. The first kappa shape index (κ1) is 18.0. The summed E-state index contributed by atoms with van der Waals surface area (Å²) in [7, 11) is 0. The summed E-state index contributed by atoms with van der Waals surface area (Å²) in [5, 5.41) is 5.79. The molecule has 2 heterocycles. The molecule has 0 amide bonds. The van der Waals surface area contributed by atoms with E-state index in [1.54, 1.807) is 12.3 Å². The van der Waals surface area contributed by atoms with Gasteiger partial charge in [0.05, 0.1) is 11.4 Å². The number of aromatic nitrogens is 3. The van der Waals surface area contributed by atoms with Gasteiger partial charge in [-0.3, -0.25) is 0 Å². The van der Waals surface area contributed by atoms with Crippen LogP contribution in [0.3, 0.4) is 0 Å². The highest BCUT2D eigenvalue weighted by molar-refractivity contribution is 6.32. The van der Waals surface area contributed by atoms with Crippen LogP contribution in [-0.4, -0.2) is 21.5 Å². The lowest BCUT2D eigenvalue weighted by molar-refractivity contribution is 0.985. The minimum Gasteiger partial charge on any atom is -0.393 e. The van der Waals surface area contributed by atoms with E-state index in [-0.39, 0.29) is 0 Å². The first-order valence-electron chi connectivity index (χ1n) is 8.92. The molecule has 0 aliphatic rings. The van der Waals surface area contributed by atoms with E-state index in [2.05, 4.69) is 56.4 Å². The molecule has 0 aliphatic heterocycles. The van der Waals surface area contributed by atoms with Crippen LogP contribution in [-0.2, 0) is 0 Å². The Bertz CT molecular complexity index is 1130. The second kappa shape index (κ2) is 7.70. The van der Waals surface area contributed by atoms with E-state index < -0.39 is 0 Å². The van der Waals surface area contributed by atoms with Crippen molar-refractivity contribution in [2.75, 3.05) is 22.5 Å². The van der Waals surface area contributed by atoms with E-state index in [9.17, 15) is 0 Å². The lowest BCUT2D eigenvalue weighted by Crippen LogP contribution is -2.20. The minimum atomic E-state index is 0.350. The first-order valence-corrected chi connectivity index (χ1v) is 9.30. The molecule has 7 heteroatoms. The SMILES string of the molecule is CCN(c1ncnc(Nc2cccnc2Cl)c1N)c1cccc2ccccc12. The fourth-order valence-corrected chi connectivity index (χ4v) is 3.35. The molecule has 0 bridgehead atoms. The Morgan fingerprint density at radius 1 is 1.00 bits per heavy atom. The van der Waals surface area contributed by atoms with E-state index in [1.165, 1.54) is 6.33 Å². The number of fused-ring (bicyclic) bond motifs is 1. The van der Waals surface area contributed by atoms with Crippen molar-refractivity contribution in [2.24, 2.45) is 0 Å². The molecule has 2 aromatic heterocycles. The average Bonchev–Trinajstić information content (AvgIpc) is 2.73. The van der Waals surface area contributed by atoms with Gasteiger partial charge in [-0.2, -0.15) is 0 Å². The van der Waals surface area contributed by atoms with Gasteiger partial charge in [-0.25, -0.2) is 15.0 Å². The summed E-state index contributed by atoms with van der Waals surface area (Å²) in [6.45, 7) is 2.76. The zero-order valence-corrected chi connectivity index (χ0v) is 16.1. The van der Waals surface area contributed by atoms with Gasteiger partial charge in [0.15, 0.2) is 16.8 Å². The van der Waals surface area contributed by atoms with Crippen molar-refractivity contribution < 1.29 is 0 Å². The Kier molecular flexibility index (Phi) is 4.95. The van der Waals surface area contributed by atoms with Crippen LogP contribution in [0.1, 0.15) is 6.92 Å². The van der Waals surface area contributed by atoms with Crippen molar-refractivity contribution in [2.45, 2.75) is 6.92 Å². The highest BCUT2D eigenvalue weighted by Gasteiger charge is 2.18. The summed E-state index contributed by atoms with van der Waals surface area (Å²) in [5.41, 5.74) is 8.56. The van der Waals surface area contributed by atoms with E-state index in [0.717, 1.165) is 16.5 Å². The number of hydrogen-bond donors (Lipinski definition) is 2. The van der Waals surface area contributed by atoms with Crippen molar-refractivity contribution in [3.8, 4) is 0 Å². The van der Waals surface area contributed by atoms with Crippen LogP contribution in [0.15, 0.2) is 67.1 Å². The summed E-state index contributed by atoms with van der Waals surface area (Å²) >= 11 is 6.15. The minimum absolute atomic E-state index is 0.350.